The summed E-state index contributed by atoms with van der Waals surface area (Å²) < 4.78 is 10.3. The third-order valence-corrected chi connectivity index (χ3v) is 4.27. The highest BCUT2D eigenvalue weighted by atomic mass is 16.5. The number of fused-ring (bicyclic) bond motifs is 1. The van der Waals surface area contributed by atoms with Gasteiger partial charge in [-0.3, -0.25) is 9.78 Å². The van der Waals surface area contributed by atoms with E-state index in [2.05, 4.69) is 15.6 Å². The molecule has 1 aromatic heterocycles. The molecule has 1 atom stereocenters. The molecule has 3 rings (SSSR count). The van der Waals surface area contributed by atoms with Crippen molar-refractivity contribution < 1.29 is 13.9 Å². The quantitative estimate of drug-likeness (QED) is 0.776. The molecule has 0 spiro atoms. The third kappa shape index (κ3) is 3.85. The lowest BCUT2D eigenvalue weighted by molar-refractivity contribution is -0.119. The summed E-state index contributed by atoms with van der Waals surface area (Å²) >= 11 is 0. The van der Waals surface area contributed by atoms with Crippen molar-refractivity contribution in [3.8, 4) is 0 Å². The van der Waals surface area contributed by atoms with Gasteiger partial charge >= 0.3 is 5.76 Å². The summed E-state index contributed by atoms with van der Waals surface area (Å²) in [5, 5.41) is 6.37. The number of aromatic amines is 1. The van der Waals surface area contributed by atoms with Crippen LogP contribution in [-0.4, -0.2) is 36.2 Å². The number of oxazole rings is 1. The van der Waals surface area contributed by atoms with Gasteiger partial charge in [0.2, 0.25) is 5.91 Å². The Bertz CT molecular complexity index is 759. The minimum Gasteiger partial charge on any atom is -0.408 e. The fraction of sp³-hybridized carbons (Fsp3) is 0.529. The topological polar surface area (TPSA) is 96.4 Å². The fourth-order valence-corrected chi connectivity index (χ4v) is 2.94. The lowest BCUT2D eigenvalue weighted by Gasteiger charge is -2.30. The molecule has 7 heteroatoms. The predicted molar refractivity (Wildman–Crippen MR) is 91.1 cm³/mol. The SMILES string of the molecule is CC(C)C(NC1CCOCC1)C(=O)Nc1ccc2oc(=O)[nH]c2c1. The van der Waals surface area contributed by atoms with Crippen LogP contribution in [0.2, 0.25) is 0 Å². The monoisotopic (exact) mass is 333 g/mol. The molecule has 1 saturated heterocycles. The first kappa shape index (κ1) is 16.7. The highest BCUT2D eigenvalue weighted by molar-refractivity contribution is 5.96. The molecular formula is C17H23N3O4. The molecule has 3 N–H and O–H groups in total. The minimum atomic E-state index is -0.505. The number of ether oxygens (including phenoxy) is 1. The molecule has 1 aliphatic heterocycles. The molecule has 0 bridgehead atoms. The van der Waals surface area contributed by atoms with Gasteiger partial charge in [0, 0.05) is 24.9 Å². The number of amides is 1. The van der Waals surface area contributed by atoms with Crippen molar-refractivity contribution in [2.24, 2.45) is 5.92 Å². The van der Waals surface area contributed by atoms with Gasteiger partial charge in [-0.1, -0.05) is 13.8 Å². The molecule has 0 aliphatic carbocycles. The molecule has 7 nitrogen and oxygen atoms in total. The molecule has 1 unspecified atom stereocenters. The van der Waals surface area contributed by atoms with Crippen LogP contribution in [0.5, 0.6) is 0 Å². The Balaban J connectivity index is 1.70. The summed E-state index contributed by atoms with van der Waals surface area (Å²) in [7, 11) is 0. The second-order valence-corrected chi connectivity index (χ2v) is 6.49. The van der Waals surface area contributed by atoms with E-state index in [1.54, 1.807) is 18.2 Å². The first-order valence-corrected chi connectivity index (χ1v) is 8.30. The first-order valence-electron chi connectivity index (χ1n) is 8.30. The zero-order chi connectivity index (χ0) is 17.1. The highest BCUT2D eigenvalue weighted by Crippen LogP contribution is 2.18. The molecule has 24 heavy (non-hydrogen) atoms. The highest BCUT2D eigenvalue weighted by Gasteiger charge is 2.26. The van der Waals surface area contributed by atoms with Crippen LogP contribution in [0.3, 0.4) is 0 Å². The van der Waals surface area contributed by atoms with E-state index in [-0.39, 0.29) is 17.9 Å². The minimum absolute atomic E-state index is 0.0818. The van der Waals surface area contributed by atoms with Gasteiger partial charge in [-0.25, -0.2) is 4.79 Å². The molecule has 0 saturated carbocycles. The van der Waals surface area contributed by atoms with E-state index in [9.17, 15) is 9.59 Å². The van der Waals surface area contributed by atoms with Crippen molar-refractivity contribution in [2.75, 3.05) is 18.5 Å². The van der Waals surface area contributed by atoms with Crippen molar-refractivity contribution in [3.05, 3.63) is 28.7 Å². The smallest absolute Gasteiger partial charge is 0.408 e. The number of aromatic nitrogens is 1. The van der Waals surface area contributed by atoms with Gasteiger partial charge in [0.1, 0.15) is 0 Å². The van der Waals surface area contributed by atoms with Gasteiger partial charge in [0.25, 0.3) is 0 Å². The number of carbonyl (C=O) groups excluding carboxylic acids is 1. The van der Waals surface area contributed by atoms with Crippen LogP contribution < -0.4 is 16.4 Å². The van der Waals surface area contributed by atoms with Crippen molar-refractivity contribution in [3.63, 3.8) is 0 Å². The van der Waals surface area contributed by atoms with Gasteiger partial charge in [-0.15, -0.1) is 0 Å². The number of anilines is 1. The molecule has 2 heterocycles. The number of rotatable bonds is 5. The van der Waals surface area contributed by atoms with E-state index < -0.39 is 5.76 Å². The van der Waals surface area contributed by atoms with Crippen molar-refractivity contribution in [2.45, 2.75) is 38.8 Å². The average molecular weight is 333 g/mol. The Morgan fingerprint density at radius 1 is 1.29 bits per heavy atom. The summed E-state index contributed by atoms with van der Waals surface area (Å²) in [6.45, 7) is 5.50. The van der Waals surface area contributed by atoms with Gasteiger partial charge in [-0.05, 0) is 37.0 Å². The second kappa shape index (κ2) is 7.19. The van der Waals surface area contributed by atoms with Crippen LogP contribution in [0.25, 0.3) is 11.1 Å². The molecule has 1 amide bonds. The Hall–Kier alpha value is -2.12. The zero-order valence-corrected chi connectivity index (χ0v) is 13.9. The molecule has 130 valence electrons. The van der Waals surface area contributed by atoms with Gasteiger partial charge in [0.15, 0.2) is 5.58 Å². The van der Waals surface area contributed by atoms with Crippen molar-refractivity contribution in [1.29, 1.82) is 0 Å². The fourth-order valence-electron chi connectivity index (χ4n) is 2.94. The summed E-state index contributed by atoms with van der Waals surface area (Å²) in [5.74, 6) is -0.429. The summed E-state index contributed by atoms with van der Waals surface area (Å²) in [4.78, 5) is 26.5. The predicted octanol–water partition coefficient (Wildman–Crippen LogP) is 1.85. The van der Waals surface area contributed by atoms with Crippen LogP contribution in [-0.2, 0) is 9.53 Å². The van der Waals surface area contributed by atoms with Gasteiger partial charge in [0.05, 0.1) is 11.6 Å². The maximum absolute atomic E-state index is 12.7. The van der Waals surface area contributed by atoms with E-state index in [0.717, 1.165) is 26.1 Å². The summed E-state index contributed by atoms with van der Waals surface area (Å²) in [5.41, 5.74) is 1.67. The Morgan fingerprint density at radius 3 is 2.75 bits per heavy atom. The Labute approximate surface area is 139 Å². The van der Waals surface area contributed by atoms with Crippen LogP contribution in [0.1, 0.15) is 26.7 Å². The second-order valence-electron chi connectivity index (χ2n) is 6.49. The Morgan fingerprint density at radius 2 is 2.04 bits per heavy atom. The average Bonchev–Trinajstić information content (AvgIpc) is 2.92. The van der Waals surface area contributed by atoms with E-state index in [1.807, 2.05) is 13.8 Å². The van der Waals surface area contributed by atoms with Crippen LogP contribution >= 0.6 is 0 Å². The number of H-pyrrole nitrogens is 1. The number of hydrogen-bond donors (Lipinski definition) is 3. The maximum atomic E-state index is 12.7. The van der Waals surface area contributed by atoms with Gasteiger partial charge < -0.3 is 19.8 Å². The lowest BCUT2D eigenvalue weighted by Crippen LogP contribution is -2.50. The molecule has 2 aromatic rings. The van der Waals surface area contributed by atoms with Crippen molar-refractivity contribution >= 4 is 22.7 Å². The Kier molecular flexibility index (Phi) is 5.01. The summed E-state index contributed by atoms with van der Waals surface area (Å²) in [6.07, 6.45) is 1.83. The lowest BCUT2D eigenvalue weighted by atomic mass is 10.00. The zero-order valence-electron chi connectivity index (χ0n) is 13.9. The van der Waals surface area contributed by atoms with Crippen LogP contribution in [0.15, 0.2) is 27.4 Å². The van der Waals surface area contributed by atoms with E-state index in [1.165, 1.54) is 0 Å². The first-order chi connectivity index (χ1) is 11.5. The number of hydrogen-bond acceptors (Lipinski definition) is 5. The van der Waals surface area contributed by atoms with Crippen molar-refractivity contribution in [1.82, 2.24) is 10.3 Å². The molecule has 1 fully saturated rings. The molecule has 1 aliphatic rings. The molecular weight excluding hydrogens is 310 g/mol. The van der Waals surface area contributed by atoms with E-state index in [0.29, 0.717) is 22.8 Å². The number of nitrogens with one attached hydrogen (secondary N) is 3. The molecule has 1 aromatic carbocycles. The molecule has 0 radical (unpaired) electrons. The maximum Gasteiger partial charge on any atom is 0.417 e. The van der Waals surface area contributed by atoms with E-state index >= 15 is 0 Å². The van der Waals surface area contributed by atoms with Crippen LogP contribution in [0.4, 0.5) is 5.69 Å². The third-order valence-electron chi connectivity index (χ3n) is 4.27. The van der Waals surface area contributed by atoms with E-state index in [4.69, 9.17) is 9.15 Å². The largest absolute Gasteiger partial charge is 0.417 e. The van der Waals surface area contributed by atoms with Crippen LogP contribution in [0, 0.1) is 5.92 Å². The standard InChI is InChI=1S/C17H23N3O4/c1-10(2)15(18-11-5-7-23-8-6-11)16(21)19-12-3-4-14-13(9-12)20-17(22)24-14/h3-4,9-11,15,18H,5-8H2,1-2H3,(H,19,21)(H,20,22). The summed E-state index contributed by atoms with van der Waals surface area (Å²) in [6, 6.07) is 5.10. The number of carbonyl (C=O) groups is 1. The normalized spacial score (nSPS) is 17.3. The number of benzene rings is 1. The van der Waals surface area contributed by atoms with Gasteiger partial charge in [-0.2, -0.15) is 0 Å².